The highest BCUT2D eigenvalue weighted by Crippen LogP contribution is 2.41. The molecule has 0 aliphatic heterocycles. The molecule has 0 saturated carbocycles. The monoisotopic (exact) mass is 280 g/mol. The smallest absolute Gasteiger partial charge is 0.300 e. The van der Waals surface area contributed by atoms with Gasteiger partial charge in [-0.15, -0.1) is 11.8 Å². The first-order valence-corrected chi connectivity index (χ1v) is 6.78. The number of benzene rings is 1. The van der Waals surface area contributed by atoms with Gasteiger partial charge in [0.2, 0.25) is 0 Å². The predicted molar refractivity (Wildman–Crippen MR) is 64.5 cm³/mol. The van der Waals surface area contributed by atoms with Gasteiger partial charge in [-0.05, 0) is 42.6 Å². The van der Waals surface area contributed by atoms with E-state index in [2.05, 4.69) is 0 Å². The molecule has 17 heavy (non-hydrogen) atoms. The van der Waals surface area contributed by atoms with Gasteiger partial charge in [0.05, 0.1) is 0 Å². The molecule has 0 bridgehead atoms. The summed E-state index contributed by atoms with van der Waals surface area (Å²) in [5.41, 5.74) is -3.69. The van der Waals surface area contributed by atoms with E-state index in [1.165, 1.54) is 24.8 Å². The van der Waals surface area contributed by atoms with E-state index >= 15 is 0 Å². The average Bonchev–Trinajstić information content (AvgIpc) is 2.14. The molecule has 0 fully saturated rings. The van der Waals surface area contributed by atoms with Gasteiger partial charge in [-0.25, -0.2) is 0 Å². The summed E-state index contributed by atoms with van der Waals surface area (Å²) in [6.45, 7) is 1.42. The van der Waals surface area contributed by atoms with E-state index in [4.69, 9.17) is 0 Å². The van der Waals surface area contributed by atoms with Crippen LogP contribution in [0.1, 0.15) is 12.5 Å². The molecule has 0 spiro atoms. The zero-order chi connectivity index (χ0) is 13.1. The minimum Gasteiger partial charge on any atom is -0.300 e. The lowest BCUT2D eigenvalue weighted by Gasteiger charge is -2.11. The van der Waals surface area contributed by atoms with Crippen molar-refractivity contribution in [3.05, 3.63) is 23.8 Å². The van der Waals surface area contributed by atoms with Crippen LogP contribution in [0.15, 0.2) is 28.0 Å². The highest BCUT2D eigenvalue weighted by atomic mass is 32.2. The van der Waals surface area contributed by atoms with E-state index in [0.29, 0.717) is 10.5 Å². The molecule has 6 heteroatoms. The third-order valence-electron chi connectivity index (χ3n) is 1.91. The van der Waals surface area contributed by atoms with Gasteiger partial charge < -0.3 is 0 Å². The number of alkyl halides is 3. The molecule has 0 heterocycles. The standard InChI is InChI=1S/C11H11F3OS2/c1-7(15)5-8-3-4-9(16-2)10(6-8)17-11(12,13)14/h3-4,6H,5H2,1-2H3. The molecule has 0 radical (unpaired) electrons. The first-order valence-electron chi connectivity index (χ1n) is 4.74. The molecule has 0 unspecified atom stereocenters. The minimum absolute atomic E-state index is 0.0649. The molecule has 0 aromatic heterocycles. The molecule has 0 amide bonds. The Kier molecular flexibility index (Phi) is 4.94. The van der Waals surface area contributed by atoms with Gasteiger partial charge in [0.25, 0.3) is 0 Å². The molecular weight excluding hydrogens is 269 g/mol. The molecule has 0 N–H and O–H groups in total. The fourth-order valence-electron chi connectivity index (χ4n) is 1.32. The van der Waals surface area contributed by atoms with Crippen LogP contribution in [0.2, 0.25) is 0 Å². The summed E-state index contributed by atoms with van der Waals surface area (Å²) in [4.78, 5) is 11.7. The van der Waals surface area contributed by atoms with Gasteiger partial charge in [-0.2, -0.15) is 13.2 Å². The summed E-state index contributed by atoms with van der Waals surface area (Å²) in [6.07, 6.45) is 1.89. The quantitative estimate of drug-likeness (QED) is 0.771. The third kappa shape index (κ3) is 5.04. The molecular formula is C11H11F3OS2. The van der Waals surface area contributed by atoms with Crippen molar-refractivity contribution in [2.75, 3.05) is 6.26 Å². The Labute approximate surface area is 106 Å². The summed E-state index contributed by atoms with van der Waals surface area (Å²) >= 11 is 1.12. The van der Waals surface area contributed by atoms with Gasteiger partial charge in [0, 0.05) is 16.2 Å². The maximum Gasteiger partial charge on any atom is 0.446 e. The molecule has 1 nitrogen and oxygen atoms in total. The Hall–Kier alpha value is -0.620. The van der Waals surface area contributed by atoms with Crippen LogP contribution in [0.25, 0.3) is 0 Å². The van der Waals surface area contributed by atoms with Crippen LogP contribution in [-0.2, 0) is 11.2 Å². The fraction of sp³-hybridized carbons (Fsp3) is 0.364. The SMILES string of the molecule is CSc1ccc(CC(C)=O)cc1SC(F)(F)F. The summed E-state index contributed by atoms with van der Waals surface area (Å²) in [5.74, 6) is -0.0649. The van der Waals surface area contributed by atoms with Crippen LogP contribution >= 0.6 is 23.5 Å². The Morgan fingerprint density at radius 1 is 1.29 bits per heavy atom. The molecule has 0 aliphatic carbocycles. The highest BCUT2D eigenvalue weighted by Gasteiger charge is 2.30. The van der Waals surface area contributed by atoms with Crippen molar-refractivity contribution >= 4 is 29.3 Å². The van der Waals surface area contributed by atoms with Gasteiger partial charge >= 0.3 is 5.51 Å². The van der Waals surface area contributed by atoms with Crippen molar-refractivity contribution in [2.24, 2.45) is 0 Å². The minimum atomic E-state index is -4.31. The second-order valence-corrected chi connectivity index (χ2v) is 5.37. The van der Waals surface area contributed by atoms with E-state index in [9.17, 15) is 18.0 Å². The second kappa shape index (κ2) is 5.82. The van der Waals surface area contributed by atoms with Gasteiger partial charge in [0.15, 0.2) is 0 Å². The Morgan fingerprint density at radius 3 is 2.41 bits per heavy atom. The van der Waals surface area contributed by atoms with E-state index < -0.39 is 5.51 Å². The molecule has 1 aromatic rings. The second-order valence-electron chi connectivity index (χ2n) is 3.41. The van der Waals surface area contributed by atoms with E-state index in [0.717, 1.165) is 0 Å². The van der Waals surface area contributed by atoms with Crippen LogP contribution in [0.4, 0.5) is 13.2 Å². The maximum atomic E-state index is 12.3. The predicted octanol–water partition coefficient (Wildman–Crippen LogP) is 4.15. The third-order valence-corrected chi connectivity index (χ3v) is 3.62. The van der Waals surface area contributed by atoms with Crippen LogP contribution in [0, 0.1) is 0 Å². The Morgan fingerprint density at radius 2 is 1.94 bits per heavy atom. The van der Waals surface area contributed by atoms with Gasteiger partial charge in [-0.3, -0.25) is 4.79 Å². The summed E-state index contributed by atoms with van der Waals surface area (Å²) in [5, 5.41) is 0. The number of hydrogen-bond donors (Lipinski definition) is 0. The Bertz CT molecular complexity index is 416. The summed E-state index contributed by atoms with van der Waals surface area (Å²) < 4.78 is 37.0. The first-order chi connectivity index (χ1) is 7.81. The zero-order valence-electron chi connectivity index (χ0n) is 9.30. The fourth-order valence-corrected chi connectivity index (χ4v) is 2.79. The van der Waals surface area contributed by atoms with Gasteiger partial charge in [0.1, 0.15) is 5.78 Å². The molecule has 0 saturated heterocycles. The van der Waals surface area contributed by atoms with E-state index in [-0.39, 0.29) is 28.9 Å². The molecule has 1 rings (SSSR count). The normalized spacial score (nSPS) is 11.6. The number of Topliss-reactive ketones (excluding diaryl/α,β-unsaturated/α-hetero) is 1. The van der Waals surface area contributed by atoms with Gasteiger partial charge in [-0.1, -0.05) is 6.07 Å². The van der Waals surface area contributed by atoms with Crippen LogP contribution in [0.5, 0.6) is 0 Å². The number of rotatable bonds is 4. The maximum absolute atomic E-state index is 12.3. The summed E-state index contributed by atoms with van der Waals surface area (Å²) in [7, 11) is 0. The number of ketones is 1. The molecule has 94 valence electrons. The van der Waals surface area contributed by atoms with Crippen molar-refractivity contribution in [2.45, 2.75) is 28.6 Å². The number of halogens is 3. The lowest BCUT2D eigenvalue weighted by molar-refractivity contribution is -0.116. The zero-order valence-corrected chi connectivity index (χ0v) is 10.9. The van der Waals surface area contributed by atoms with Crippen LogP contribution in [-0.4, -0.2) is 17.5 Å². The highest BCUT2D eigenvalue weighted by molar-refractivity contribution is 8.02. The Balaban J connectivity index is 3.02. The lowest BCUT2D eigenvalue weighted by atomic mass is 10.1. The topological polar surface area (TPSA) is 17.1 Å². The lowest BCUT2D eigenvalue weighted by Crippen LogP contribution is -2.01. The molecule has 1 aromatic carbocycles. The summed E-state index contributed by atoms with van der Waals surface area (Å²) in [6, 6.07) is 4.75. The van der Waals surface area contributed by atoms with E-state index in [1.54, 1.807) is 18.4 Å². The number of carbonyl (C=O) groups is 1. The average molecular weight is 280 g/mol. The van der Waals surface area contributed by atoms with Crippen molar-refractivity contribution in [1.29, 1.82) is 0 Å². The molecule has 0 atom stereocenters. The number of hydrogen-bond acceptors (Lipinski definition) is 3. The van der Waals surface area contributed by atoms with Crippen molar-refractivity contribution in [1.82, 2.24) is 0 Å². The van der Waals surface area contributed by atoms with Crippen LogP contribution in [0.3, 0.4) is 0 Å². The number of thioether (sulfide) groups is 2. The molecule has 0 aliphatic rings. The van der Waals surface area contributed by atoms with Crippen LogP contribution < -0.4 is 0 Å². The van der Waals surface area contributed by atoms with E-state index in [1.807, 2.05) is 0 Å². The van der Waals surface area contributed by atoms with Crippen molar-refractivity contribution in [3.63, 3.8) is 0 Å². The first kappa shape index (κ1) is 14.4. The number of carbonyl (C=O) groups excluding carboxylic acids is 1. The largest absolute Gasteiger partial charge is 0.446 e. The van der Waals surface area contributed by atoms with Crippen molar-refractivity contribution < 1.29 is 18.0 Å². The van der Waals surface area contributed by atoms with Crippen molar-refractivity contribution in [3.8, 4) is 0 Å².